The van der Waals surface area contributed by atoms with E-state index in [1.54, 1.807) is 31.2 Å². The number of hydrogen-bond donors (Lipinski definition) is 2. The van der Waals surface area contributed by atoms with Crippen molar-refractivity contribution in [1.82, 2.24) is 0 Å². The SMILES string of the molecule is Cc1cc(Br)cc(C)c1OC(C)C(=O)Nc1cccc(C(=O)Nc2ccc(F)cc2)c1. The summed E-state index contributed by atoms with van der Waals surface area (Å²) in [5.74, 6) is -0.420. The molecule has 31 heavy (non-hydrogen) atoms. The Morgan fingerprint density at radius 3 is 2.23 bits per heavy atom. The van der Waals surface area contributed by atoms with E-state index in [4.69, 9.17) is 4.74 Å². The molecule has 0 aliphatic rings. The van der Waals surface area contributed by atoms with Gasteiger partial charge in [-0.2, -0.15) is 0 Å². The molecular formula is C24H22BrFN2O3. The van der Waals surface area contributed by atoms with Crippen molar-refractivity contribution >= 4 is 39.1 Å². The molecule has 2 N–H and O–H groups in total. The number of aryl methyl sites for hydroxylation is 2. The first-order chi connectivity index (χ1) is 14.7. The van der Waals surface area contributed by atoms with Crippen molar-refractivity contribution < 1.29 is 18.7 Å². The maximum absolute atomic E-state index is 13.0. The highest BCUT2D eigenvalue weighted by Crippen LogP contribution is 2.28. The fraction of sp³-hybridized carbons (Fsp3) is 0.167. The number of nitrogens with one attached hydrogen (secondary N) is 2. The highest BCUT2D eigenvalue weighted by atomic mass is 79.9. The van der Waals surface area contributed by atoms with Gasteiger partial charge < -0.3 is 15.4 Å². The van der Waals surface area contributed by atoms with E-state index in [9.17, 15) is 14.0 Å². The van der Waals surface area contributed by atoms with Crippen LogP contribution < -0.4 is 15.4 Å². The zero-order chi connectivity index (χ0) is 22.5. The van der Waals surface area contributed by atoms with Gasteiger partial charge in [-0.1, -0.05) is 22.0 Å². The van der Waals surface area contributed by atoms with Gasteiger partial charge in [-0.3, -0.25) is 9.59 Å². The minimum atomic E-state index is -0.740. The number of halogens is 2. The molecule has 0 aliphatic heterocycles. The molecular weight excluding hydrogens is 463 g/mol. The predicted molar refractivity (Wildman–Crippen MR) is 123 cm³/mol. The average Bonchev–Trinajstić information content (AvgIpc) is 2.72. The van der Waals surface area contributed by atoms with Crippen LogP contribution in [0.4, 0.5) is 15.8 Å². The van der Waals surface area contributed by atoms with Crippen LogP contribution in [0, 0.1) is 19.7 Å². The summed E-state index contributed by atoms with van der Waals surface area (Å²) in [5.41, 5.74) is 3.15. The number of amides is 2. The maximum atomic E-state index is 13.0. The van der Waals surface area contributed by atoms with Crippen LogP contribution in [-0.4, -0.2) is 17.9 Å². The summed E-state index contributed by atoms with van der Waals surface area (Å²) in [6.45, 7) is 5.50. The molecule has 0 bridgehead atoms. The second-order valence-corrected chi connectivity index (χ2v) is 8.08. The number of carbonyl (C=O) groups excluding carboxylic acids is 2. The van der Waals surface area contributed by atoms with Gasteiger partial charge in [0.15, 0.2) is 6.10 Å². The van der Waals surface area contributed by atoms with E-state index in [0.29, 0.717) is 22.7 Å². The number of ether oxygens (including phenoxy) is 1. The summed E-state index contributed by atoms with van der Waals surface area (Å²) in [4.78, 5) is 25.1. The third-order valence-corrected chi connectivity index (χ3v) is 5.04. The second kappa shape index (κ2) is 9.75. The van der Waals surface area contributed by atoms with Crippen molar-refractivity contribution in [3.8, 4) is 5.75 Å². The second-order valence-electron chi connectivity index (χ2n) is 7.16. The summed E-state index contributed by atoms with van der Waals surface area (Å²) >= 11 is 3.44. The standard InChI is InChI=1S/C24H22BrFN2O3/c1-14-11-18(25)12-15(2)22(14)31-16(3)23(29)28-21-6-4-5-17(13-21)24(30)27-20-9-7-19(26)8-10-20/h4-13,16H,1-3H3,(H,27,30)(H,28,29). The first kappa shape index (κ1) is 22.5. The first-order valence-corrected chi connectivity index (χ1v) is 10.4. The fourth-order valence-corrected chi connectivity index (χ4v) is 3.72. The molecule has 3 rings (SSSR count). The lowest BCUT2D eigenvalue weighted by Crippen LogP contribution is -2.30. The van der Waals surface area contributed by atoms with E-state index in [1.807, 2.05) is 26.0 Å². The summed E-state index contributed by atoms with van der Waals surface area (Å²) in [6, 6.07) is 15.9. The molecule has 0 heterocycles. The third-order valence-electron chi connectivity index (χ3n) is 4.58. The lowest BCUT2D eigenvalue weighted by atomic mass is 10.1. The molecule has 0 radical (unpaired) electrons. The number of anilines is 2. The van der Waals surface area contributed by atoms with E-state index in [1.165, 1.54) is 24.3 Å². The lowest BCUT2D eigenvalue weighted by Gasteiger charge is -2.18. The van der Waals surface area contributed by atoms with Gasteiger partial charge in [-0.25, -0.2) is 4.39 Å². The van der Waals surface area contributed by atoms with E-state index < -0.39 is 6.10 Å². The van der Waals surface area contributed by atoms with Crippen molar-refractivity contribution in [2.45, 2.75) is 26.9 Å². The van der Waals surface area contributed by atoms with E-state index >= 15 is 0 Å². The van der Waals surface area contributed by atoms with Crippen molar-refractivity contribution in [1.29, 1.82) is 0 Å². The van der Waals surface area contributed by atoms with E-state index in [2.05, 4.69) is 26.6 Å². The van der Waals surface area contributed by atoms with Crippen molar-refractivity contribution in [3.05, 3.63) is 87.6 Å². The van der Waals surface area contributed by atoms with Crippen LogP contribution >= 0.6 is 15.9 Å². The van der Waals surface area contributed by atoms with Gasteiger partial charge in [-0.05, 0) is 86.5 Å². The quantitative estimate of drug-likeness (QED) is 0.460. The van der Waals surface area contributed by atoms with Crippen LogP contribution in [0.2, 0.25) is 0 Å². The Balaban J connectivity index is 1.66. The van der Waals surface area contributed by atoms with Crippen molar-refractivity contribution in [2.24, 2.45) is 0 Å². The minimum Gasteiger partial charge on any atom is -0.480 e. The smallest absolute Gasteiger partial charge is 0.265 e. The predicted octanol–water partition coefficient (Wildman–Crippen LogP) is 5.86. The van der Waals surface area contributed by atoms with Gasteiger partial charge in [0.05, 0.1) is 0 Å². The molecule has 0 saturated carbocycles. The Labute approximate surface area is 188 Å². The highest BCUT2D eigenvalue weighted by Gasteiger charge is 2.18. The molecule has 0 aromatic heterocycles. The normalized spacial score (nSPS) is 11.5. The molecule has 1 unspecified atom stereocenters. The van der Waals surface area contributed by atoms with E-state index in [0.717, 1.165) is 15.6 Å². The molecule has 1 atom stereocenters. The van der Waals surface area contributed by atoms with Crippen molar-refractivity contribution in [3.63, 3.8) is 0 Å². The zero-order valence-corrected chi connectivity index (χ0v) is 18.9. The van der Waals surface area contributed by atoms with Gasteiger partial charge in [-0.15, -0.1) is 0 Å². The lowest BCUT2D eigenvalue weighted by molar-refractivity contribution is -0.122. The number of rotatable bonds is 6. The van der Waals surface area contributed by atoms with Crippen LogP contribution in [0.1, 0.15) is 28.4 Å². The minimum absolute atomic E-state index is 0.335. The molecule has 0 fully saturated rings. The molecule has 0 saturated heterocycles. The van der Waals surface area contributed by atoms with Crippen LogP contribution in [0.3, 0.4) is 0 Å². The molecule has 5 nitrogen and oxygen atoms in total. The van der Waals surface area contributed by atoms with Crippen LogP contribution in [0.25, 0.3) is 0 Å². The Kier molecular flexibility index (Phi) is 7.07. The Hall–Kier alpha value is -3.19. The Morgan fingerprint density at radius 1 is 0.935 bits per heavy atom. The number of carbonyl (C=O) groups is 2. The Morgan fingerprint density at radius 2 is 1.58 bits per heavy atom. The summed E-state index contributed by atoms with van der Waals surface area (Å²) in [6.07, 6.45) is -0.740. The maximum Gasteiger partial charge on any atom is 0.265 e. The van der Waals surface area contributed by atoms with Gasteiger partial charge in [0.1, 0.15) is 11.6 Å². The molecule has 160 valence electrons. The molecule has 7 heteroatoms. The number of hydrogen-bond acceptors (Lipinski definition) is 3. The van der Waals surface area contributed by atoms with Crippen molar-refractivity contribution in [2.75, 3.05) is 10.6 Å². The average molecular weight is 485 g/mol. The molecule has 2 amide bonds. The largest absolute Gasteiger partial charge is 0.480 e. The summed E-state index contributed by atoms with van der Waals surface area (Å²) in [5, 5.41) is 5.47. The summed E-state index contributed by atoms with van der Waals surface area (Å²) < 4.78 is 19.9. The molecule has 0 spiro atoms. The van der Waals surface area contributed by atoms with Gasteiger partial charge >= 0.3 is 0 Å². The molecule has 0 aliphatic carbocycles. The summed E-state index contributed by atoms with van der Waals surface area (Å²) in [7, 11) is 0. The van der Waals surface area contributed by atoms with Crippen LogP contribution in [-0.2, 0) is 4.79 Å². The number of benzene rings is 3. The fourth-order valence-electron chi connectivity index (χ4n) is 3.03. The molecule has 3 aromatic rings. The monoisotopic (exact) mass is 484 g/mol. The third kappa shape index (κ3) is 5.92. The van der Waals surface area contributed by atoms with Crippen LogP contribution in [0.15, 0.2) is 65.1 Å². The molecule has 3 aromatic carbocycles. The first-order valence-electron chi connectivity index (χ1n) is 9.64. The topological polar surface area (TPSA) is 67.4 Å². The highest BCUT2D eigenvalue weighted by molar-refractivity contribution is 9.10. The van der Waals surface area contributed by atoms with Crippen LogP contribution in [0.5, 0.6) is 5.75 Å². The van der Waals surface area contributed by atoms with E-state index in [-0.39, 0.29) is 17.6 Å². The zero-order valence-electron chi connectivity index (χ0n) is 17.3. The van der Waals surface area contributed by atoms with Gasteiger partial charge in [0.25, 0.3) is 11.8 Å². The van der Waals surface area contributed by atoms with Gasteiger partial charge in [0.2, 0.25) is 0 Å². The Bertz CT molecular complexity index is 1090. The van der Waals surface area contributed by atoms with Gasteiger partial charge in [0, 0.05) is 21.4 Å².